The zero-order valence-electron chi connectivity index (χ0n) is 18.4. The Balaban J connectivity index is 1.84. The van der Waals surface area contributed by atoms with Gasteiger partial charge in [0.25, 0.3) is 17.4 Å². The molecule has 172 valence electrons. The summed E-state index contributed by atoms with van der Waals surface area (Å²) in [6.07, 6.45) is 0.438. The number of ketones is 1. The molecule has 8 heteroatoms. The number of aliphatic hydroxyl groups excluding tert-OH is 1. The highest BCUT2D eigenvalue weighted by Gasteiger charge is 2.47. The maximum atomic E-state index is 13.1. The van der Waals surface area contributed by atoms with Crippen LogP contribution in [0.25, 0.3) is 5.76 Å². The van der Waals surface area contributed by atoms with E-state index in [1.807, 2.05) is 30.3 Å². The Morgan fingerprint density at radius 1 is 1.00 bits per heavy atom. The molecule has 1 unspecified atom stereocenters. The third kappa shape index (κ3) is 4.25. The Kier molecular flexibility index (Phi) is 6.40. The molecule has 3 aromatic rings. The number of carbonyl (C=O) groups excluding carboxylic acids is 2. The molecule has 8 nitrogen and oxygen atoms in total. The minimum atomic E-state index is -1.10. The van der Waals surface area contributed by atoms with Crippen molar-refractivity contribution in [2.75, 3.05) is 13.7 Å². The second-order valence-corrected chi connectivity index (χ2v) is 7.77. The van der Waals surface area contributed by atoms with Crippen molar-refractivity contribution in [1.29, 1.82) is 0 Å². The third-order valence-corrected chi connectivity index (χ3v) is 5.82. The normalized spacial score (nSPS) is 17.1. The molecule has 34 heavy (non-hydrogen) atoms. The van der Waals surface area contributed by atoms with Crippen LogP contribution in [0.15, 0.2) is 84.4 Å². The van der Waals surface area contributed by atoms with Gasteiger partial charge in [-0.15, -0.1) is 0 Å². The highest BCUT2D eigenvalue weighted by atomic mass is 16.6. The zero-order chi connectivity index (χ0) is 24.2. The fourth-order valence-corrected chi connectivity index (χ4v) is 4.12. The van der Waals surface area contributed by atoms with Crippen LogP contribution in [-0.2, 0) is 16.0 Å². The SMILES string of the molecule is COc1ccc(/C(O)=C2\C(=O)C(=O)N(CCc3ccccc3)C2c2ccccc2[N+](=O)[O-])cc1. The lowest BCUT2D eigenvalue weighted by molar-refractivity contribution is -0.385. The van der Waals surface area contributed by atoms with Crippen molar-refractivity contribution in [2.24, 2.45) is 0 Å². The number of nitrogens with zero attached hydrogens (tertiary/aromatic N) is 2. The minimum absolute atomic E-state index is 0.144. The molecule has 0 saturated carbocycles. The van der Waals surface area contributed by atoms with Crippen molar-refractivity contribution in [3.05, 3.63) is 111 Å². The van der Waals surface area contributed by atoms with Gasteiger partial charge >= 0.3 is 0 Å². The third-order valence-electron chi connectivity index (χ3n) is 5.82. The van der Waals surface area contributed by atoms with E-state index >= 15 is 0 Å². The number of Topliss-reactive ketones (excluding diaryl/α,β-unsaturated/α-hetero) is 1. The van der Waals surface area contributed by atoms with E-state index < -0.39 is 28.4 Å². The number of para-hydroxylation sites is 1. The number of benzene rings is 3. The van der Waals surface area contributed by atoms with E-state index in [0.29, 0.717) is 17.7 Å². The van der Waals surface area contributed by atoms with Gasteiger partial charge in [0.05, 0.1) is 29.2 Å². The summed E-state index contributed by atoms with van der Waals surface area (Å²) in [4.78, 5) is 38.7. The van der Waals surface area contributed by atoms with Crippen LogP contribution in [0.1, 0.15) is 22.7 Å². The van der Waals surface area contributed by atoms with Gasteiger partial charge < -0.3 is 14.7 Å². The van der Waals surface area contributed by atoms with Crippen molar-refractivity contribution >= 4 is 23.1 Å². The van der Waals surface area contributed by atoms with Crippen LogP contribution < -0.4 is 4.74 Å². The van der Waals surface area contributed by atoms with Gasteiger partial charge in [0.15, 0.2) is 0 Å². The molecule has 0 aliphatic carbocycles. The molecule has 1 aliphatic rings. The zero-order valence-corrected chi connectivity index (χ0v) is 18.4. The average molecular weight is 458 g/mol. The number of nitro benzene ring substituents is 1. The van der Waals surface area contributed by atoms with Gasteiger partial charge in [-0.05, 0) is 42.3 Å². The maximum Gasteiger partial charge on any atom is 0.295 e. The summed E-state index contributed by atoms with van der Waals surface area (Å²) in [5.41, 5.74) is 0.985. The molecule has 4 rings (SSSR count). The quantitative estimate of drug-likeness (QED) is 0.186. The standard InChI is InChI=1S/C26H22N2O6/c1-34-19-13-11-18(12-14-19)24(29)22-23(20-9-5-6-10-21(20)28(32)33)27(26(31)25(22)30)16-15-17-7-3-2-4-8-17/h2-14,23,29H,15-16H2,1H3/b24-22+. The number of nitro groups is 1. The average Bonchev–Trinajstić information content (AvgIpc) is 3.12. The number of carbonyl (C=O) groups is 2. The van der Waals surface area contributed by atoms with Crippen LogP contribution in [0.3, 0.4) is 0 Å². The number of methoxy groups -OCH3 is 1. The number of rotatable bonds is 7. The molecule has 0 spiro atoms. The Morgan fingerprint density at radius 2 is 1.65 bits per heavy atom. The van der Waals surface area contributed by atoms with Gasteiger partial charge in [-0.1, -0.05) is 42.5 Å². The first-order chi connectivity index (χ1) is 16.4. The van der Waals surface area contributed by atoms with Gasteiger partial charge in [-0.25, -0.2) is 0 Å². The Bertz CT molecular complexity index is 1270. The molecule has 1 fully saturated rings. The smallest absolute Gasteiger partial charge is 0.295 e. The minimum Gasteiger partial charge on any atom is -0.507 e. The van der Waals surface area contributed by atoms with E-state index in [0.717, 1.165) is 5.56 Å². The number of aliphatic hydroxyl groups is 1. The van der Waals surface area contributed by atoms with Gasteiger partial charge in [-0.2, -0.15) is 0 Å². The van der Waals surface area contributed by atoms with Crippen molar-refractivity contribution < 1.29 is 24.4 Å². The van der Waals surface area contributed by atoms with E-state index in [9.17, 15) is 24.8 Å². The molecule has 0 bridgehead atoms. The number of hydrogen-bond acceptors (Lipinski definition) is 6. The lowest BCUT2D eigenvalue weighted by atomic mass is 9.94. The number of likely N-dealkylation sites (tertiary alicyclic amines) is 1. The first kappa shape index (κ1) is 22.7. The molecular formula is C26H22N2O6. The lowest BCUT2D eigenvalue weighted by Crippen LogP contribution is -2.32. The molecule has 0 aromatic heterocycles. The molecule has 1 N–H and O–H groups in total. The second kappa shape index (κ2) is 9.58. The van der Waals surface area contributed by atoms with Crippen LogP contribution in [0.2, 0.25) is 0 Å². The van der Waals surface area contributed by atoms with Crippen LogP contribution >= 0.6 is 0 Å². The highest BCUT2D eigenvalue weighted by Crippen LogP contribution is 2.42. The summed E-state index contributed by atoms with van der Waals surface area (Å²) in [7, 11) is 1.50. The van der Waals surface area contributed by atoms with Crippen molar-refractivity contribution in [1.82, 2.24) is 4.90 Å². The summed E-state index contributed by atoms with van der Waals surface area (Å²) in [5.74, 6) is -1.54. The molecule has 1 saturated heterocycles. The molecular weight excluding hydrogens is 436 g/mol. The second-order valence-electron chi connectivity index (χ2n) is 7.77. The van der Waals surface area contributed by atoms with Crippen LogP contribution in [0.5, 0.6) is 5.75 Å². The summed E-state index contributed by atoms with van der Waals surface area (Å²) >= 11 is 0. The topological polar surface area (TPSA) is 110 Å². The summed E-state index contributed by atoms with van der Waals surface area (Å²) in [6, 6.07) is 20.6. The largest absolute Gasteiger partial charge is 0.507 e. The highest BCUT2D eigenvalue weighted by molar-refractivity contribution is 6.46. The Morgan fingerprint density at radius 3 is 2.29 bits per heavy atom. The summed E-state index contributed by atoms with van der Waals surface area (Å²) in [6.45, 7) is 0.144. The Labute approximate surface area is 195 Å². The maximum absolute atomic E-state index is 13.1. The van der Waals surface area contributed by atoms with Crippen LogP contribution in [0, 0.1) is 10.1 Å². The molecule has 1 heterocycles. The van der Waals surface area contributed by atoms with E-state index in [2.05, 4.69) is 0 Å². The predicted octanol–water partition coefficient (Wildman–Crippen LogP) is 4.27. The van der Waals surface area contributed by atoms with Crippen molar-refractivity contribution in [3.63, 3.8) is 0 Å². The van der Waals surface area contributed by atoms with E-state index in [-0.39, 0.29) is 23.4 Å². The van der Waals surface area contributed by atoms with Gasteiger partial charge in [0.2, 0.25) is 0 Å². The molecule has 3 aromatic carbocycles. The molecule has 1 aliphatic heterocycles. The summed E-state index contributed by atoms with van der Waals surface area (Å²) in [5, 5.41) is 22.9. The molecule has 1 amide bonds. The van der Waals surface area contributed by atoms with Gasteiger partial charge in [0.1, 0.15) is 11.5 Å². The number of hydrogen-bond donors (Lipinski definition) is 1. The fourth-order valence-electron chi connectivity index (χ4n) is 4.12. The van der Waals surface area contributed by atoms with Crippen LogP contribution in [0.4, 0.5) is 5.69 Å². The first-order valence-corrected chi connectivity index (χ1v) is 10.6. The lowest BCUT2D eigenvalue weighted by Gasteiger charge is -2.25. The monoisotopic (exact) mass is 458 g/mol. The van der Waals surface area contributed by atoms with E-state index in [4.69, 9.17) is 4.74 Å². The predicted molar refractivity (Wildman–Crippen MR) is 125 cm³/mol. The molecule has 1 atom stereocenters. The number of ether oxygens (including phenoxy) is 1. The van der Waals surface area contributed by atoms with Crippen molar-refractivity contribution in [3.8, 4) is 5.75 Å². The fraction of sp³-hybridized carbons (Fsp3) is 0.154. The first-order valence-electron chi connectivity index (χ1n) is 10.6. The molecule has 0 radical (unpaired) electrons. The van der Waals surface area contributed by atoms with E-state index in [1.165, 1.54) is 30.2 Å². The Hall–Kier alpha value is -4.46. The van der Waals surface area contributed by atoms with Gasteiger partial charge in [0, 0.05) is 18.2 Å². The van der Waals surface area contributed by atoms with Crippen molar-refractivity contribution in [2.45, 2.75) is 12.5 Å². The van der Waals surface area contributed by atoms with Gasteiger partial charge in [-0.3, -0.25) is 19.7 Å². The van der Waals surface area contributed by atoms with Crippen LogP contribution in [-0.4, -0.2) is 40.3 Å². The number of amides is 1. The summed E-state index contributed by atoms with van der Waals surface area (Å²) < 4.78 is 5.13. The van der Waals surface area contributed by atoms with E-state index in [1.54, 1.807) is 30.3 Å².